The Hall–Kier alpha value is -0.900. The predicted molar refractivity (Wildman–Crippen MR) is 160 cm³/mol. The van der Waals surface area contributed by atoms with Gasteiger partial charge in [0.1, 0.15) is 0 Å². The third-order valence-electron chi connectivity index (χ3n) is 5.69. The van der Waals surface area contributed by atoms with Crippen molar-refractivity contribution in [1.29, 1.82) is 0 Å². The quantitative estimate of drug-likeness (QED) is 0.325. The van der Waals surface area contributed by atoms with Crippen molar-refractivity contribution >= 4 is 34.0 Å². The molecular weight excluding hydrogens is 469 g/mol. The lowest BCUT2D eigenvalue weighted by Crippen LogP contribution is -2.09. The first-order chi connectivity index (χ1) is 15.3. The van der Waals surface area contributed by atoms with Crippen LogP contribution in [0.1, 0.15) is 125 Å². The molecule has 0 amide bonds. The average molecular weight is 517 g/mol. The van der Waals surface area contributed by atoms with Gasteiger partial charge in [0.15, 0.2) is 0 Å². The first kappa shape index (κ1) is 29.3. The molecule has 3 heteroatoms. The molecule has 0 N–H and O–H groups in total. The molecule has 0 saturated heterocycles. The van der Waals surface area contributed by atoms with Crippen molar-refractivity contribution in [3.8, 4) is 0 Å². The Kier molecular flexibility index (Phi) is 9.15. The fourth-order valence-electron chi connectivity index (χ4n) is 3.52. The lowest BCUT2D eigenvalue weighted by Gasteiger charge is -2.17. The van der Waals surface area contributed by atoms with Gasteiger partial charge in [0.25, 0.3) is 0 Å². The van der Waals surface area contributed by atoms with Gasteiger partial charge in [-0.25, -0.2) is 0 Å². The van der Waals surface area contributed by atoms with Crippen LogP contribution >= 0.6 is 34.0 Å². The molecule has 0 aliphatic heterocycles. The van der Waals surface area contributed by atoms with Gasteiger partial charge in [-0.1, -0.05) is 90.0 Å². The van der Waals surface area contributed by atoms with E-state index in [9.17, 15) is 0 Å². The van der Waals surface area contributed by atoms with Crippen LogP contribution < -0.4 is 0 Å². The van der Waals surface area contributed by atoms with E-state index >= 15 is 0 Å². The third kappa shape index (κ3) is 8.64. The van der Waals surface area contributed by atoms with E-state index < -0.39 is 0 Å². The van der Waals surface area contributed by atoms with Crippen LogP contribution in [-0.2, 0) is 22.7 Å². The highest BCUT2D eigenvalue weighted by Gasteiger charge is 2.22. The molecule has 0 saturated carbocycles. The van der Waals surface area contributed by atoms with E-state index in [1.807, 2.05) is 34.0 Å². The third-order valence-corrected chi connectivity index (χ3v) is 10.6. The van der Waals surface area contributed by atoms with Gasteiger partial charge >= 0.3 is 0 Å². The molecule has 0 radical (unpaired) electrons. The van der Waals surface area contributed by atoms with Crippen molar-refractivity contribution in [2.75, 3.05) is 0 Å². The fraction of sp³-hybridized carbons (Fsp3) is 0.613. The molecular formula is C31H48S3. The van der Waals surface area contributed by atoms with Crippen molar-refractivity contribution in [3.63, 3.8) is 0 Å². The monoisotopic (exact) mass is 516 g/mol. The SMILES string of the molecule is CC(C)(C)Cc1ccc(C(C)(C)C)s1.CC(c1ccc(C(C)(C)C)s1)c1ccc(C(C)(C)C)s1. The van der Waals surface area contributed by atoms with Crippen LogP contribution in [0.4, 0.5) is 0 Å². The van der Waals surface area contributed by atoms with Gasteiger partial charge < -0.3 is 0 Å². The largest absolute Gasteiger partial charge is 0.145 e. The average Bonchev–Trinajstić information content (AvgIpc) is 3.38. The topological polar surface area (TPSA) is 0 Å². The summed E-state index contributed by atoms with van der Waals surface area (Å²) in [6.45, 7) is 29.8. The van der Waals surface area contributed by atoms with E-state index in [0.29, 0.717) is 16.7 Å². The van der Waals surface area contributed by atoms with E-state index in [1.165, 1.54) is 35.7 Å². The summed E-state index contributed by atoms with van der Waals surface area (Å²) < 4.78 is 0. The number of hydrogen-bond donors (Lipinski definition) is 0. The first-order valence-corrected chi connectivity index (χ1v) is 15.0. The summed E-state index contributed by atoms with van der Waals surface area (Å²) in [5.41, 5.74) is 1.23. The van der Waals surface area contributed by atoms with Crippen LogP contribution in [-0.4, -0.2) is 0 Å². The summed E-state index contributed by atoms with van der Waals surface area (Å²) in [5.74, 6) is 0.511. The van der Waals surface area contributed by atoms with Crippen molar-refractivity contribution in [3.05, 3.63) is 65.7 Å². The van der Waals surface area contributed by atoms with Gasteiger partial charge in [-0.2, -0.15) is 0 Å². The summed E-state index contributed by atoms with van der Waals surface area (Å²) in [6, 6.07) is 13.8. The number of hydrogen-bond acceptors (Lipinski definition) is 3. The molecule has 3 heterocycles. The van der Waals surface area contributed by atoms with Crippen molar-refractivity contribution in [2.45, 2.75) is 119 Å². The second-order valence-electron chi connectivity index (χ2n) is 13.9. The summed E-state index contributed by atoms with van der Waals surface area (Å²) in [5, 5.41) is 0. The van der Waals surface area contributed by atoms with Crippen molar-refractivity contribution in [1.82, 2.24) is 0 Å². The predicted octanol–water partition coefficient (Wildman–Crippen LogP) is 11.2. The number of rotatable bonds is 3. The van der Waals surface area contributed by atoms with E-state index in [2.05, 4.69) is 126 Å². The van der Waals surface area contributed by atoms with Gasteiger partial charge in [0.2, 0.25) is 0 Å². The molecule has 3 aromatic rings. The minimum atomic E-state index is 0.259. The van der Waals surface area contributed by atoms with Crippen LogP contribution in [0.2, 0.25) is 0 Å². The highest BCUT2D eigenvalue weighted by atomic mass is 32.1. The van der Waals surface area contributed by atoms with E-state index in [1.54, 1.807) is 0 Å². The summed E-state index contributed by atoms with van der Waals surface area (Å²) in [4.78, 5) is 8.94. The van der Waals surface area contributed by atoms with Gasteiger partial charge in [-0.15, -0.1) is 34.0 Å². The van der Waals surface area contributed by atoms with E-state index in [0.717, 1.165) is 0 Å². The molecule has 0 spiro atoms. The number of thiophene rings is 3. The van der Waals surface area contributed by atoms with Crippen LogP contribution in [0.3, 0.4) is 0 Å². The summed E-state index contributed by atoms with van der Waals surface area (Å²) in [6.07, 6.45) is 1.19. The van der Waals surface area contributed by atoms with Crippen LogP contribution in [0.25, 0.3) is 0 Å². The van der Waals surface area contributed by atoms with Gasteiger partial charge in [0.05, 0.1) is 0 Å². The second kappa shape index (κ2) is 10.6. The van der Waals surface area contributed by atoms with E-state index in [4.69, 9.17) is 0 Å². The molecule has 0 aliphatic rings. The molecule has 3 aromatic heterocycles. The second-order valence-corrected chi connectivity index (χ2v) is 17.3. The zero-order valence-corrected chi connectivity index (χ0v) is 26.4. The molecule has 0 bridgehead atoms. The Labute approximate surface area is 222 Å². The zero-order valence-electron chi connectivity index (χ0n) is 24.0. The van der Waals surface area contributed by atoms with Gasteiger partial charge in [-0.3, -0.25) is 0 Å². The Morgan fingerprint density at radius 3 is 1.18 bits per heavy atom. The lowest BCUT2D eigenvalue weighted by atomic mass is 9.91. The lowest BCUT2D eigenvalue weighted by molar-refractivity contribution is 0.414. The summed E-state index contributed by atoms with van der Waals surface area (Å²) >= 11 is 5.90. The van der Waals surface area contributed by atoms with Crippen LogP contribution in [0.5, 0.6) is 0 Å². The highest BCUT2D eigenvalue weighted by molar-refractivity contribution is 7.14. The highest BCUT2D eigenvalue weighted by Crippen LogP contribution is 2.39. The van der Waals surface area contributed by atoms with E-state index in [-0.39, 0.29) is 10.8 Å². The Morgan fingerprint density at radius 1 is 0.529 bits per heavy atom. The van der Waals surface area contributed by atoms with Crippen molar-refractivity contribution in [2.24, 2.45) is 5.41 Å². The maximum atomic E-state index is 2.33. The molecule has 0 atom stereocenters. The summed E-state index contributed by atoms with van der Waals surface area (Å²) in [7, 11) is 0. The van der Waals surface area contributed by atoms with Gasteiger partial charge in [0, 0.05) is 35.2 Å². The Balaban J connectivity index is 0.000000257. The molecule has 0 aromatic carbocycles. The molecule has 0 unspecified atom stereocenters. The smallest absolute Gasteiger partial charge is 0.0249 e. The minimum Gasteiger partial charge on any atom is -0.145 e. The van der Waals surface area contributed by atoms with Crippen molar-refractivity contribution < 1.29 is 0 Å². The molecule has 0 fully saturated rings. The molecule has 190 valence electrons. The van der Waals surface area contributed by atoms with Crippen LogP contribution in [0, 0.1) is 5.41 Å². The Bertz CT molecular complexity index is 978. The van der Waals surface area contributed by atoms with Gasteiger partial charge in [-0.05, 0) is 64.5 Å². The first-order valence-electron chi connectivity index (χ1n) is 12.6. The minimum absolute atomic E-state index is 0.259. The fourth-order valence-corrected chi connectivity index (χ4v) is 7.23. The maximum absolute atomic E-state index is 2.33. The standard InChI is InChI=1S/C18H26S2.C13H22S/c1-12(13-8-10-15(19-13)17(2,3)4)14-9-11-16(20-14)18(5,6)7;1-12(2,3)9-10-7-8-11(14-10)13(4,5)6/h8-12H,1-7H3;7-8H,9H2,1-6H3. The normalized spacial score (nSPS) is 13.2. The van der Waals surface area contributed by atoms with Crippen LogP contribution in [0.15, 0.2) is 36.4 Å². The molecule has 34 heavy (non-hydrogen) atoms. The molecule has 0 aliphatic carbocycles. The zero-order chi connectivity index (χ0) is 26.1. The molecule has 0 nitrogen and oxygen atoms in total. The Morgan fingerprint density at radius 2 is 0.882 bits per heavy atom. The molecule has 3 rings (SSSR count). The maximum Gasteiger partial charge on any atom is 0.0249 e.